The zero-order chi connectivity index (χ0) is 12.3. The van der Waals surface area contributed by atoms with E-state index in [1.54, 1.807) is 30.3 Å². The monoisotopic (exact) mass is 236 g/mol. The molecule has 1 aromatic carbocycles. The van der Waals surface area contributed by atoms with Gasteiger partial charge in [-0.05, 0) is 0 Å². The van der Waals surface area contributed by atoms with E-state index < -0.39 is 17.2 Å². The van der Waals surface area contributed by atoms with Crippen LogP contribution in [-0.2, 0) is 4.74 Å². The first-order valence-corrected chi connectivity index (χ1v) is 5.28. The Morgan fingerprint density at radius 3 is 2.76 bits per heavy atom. The van der Waals surface area contributed by atoms with Crippen molar-refractivity contribution in [3.8, 4) is 0 Å². The topological polar surface area (TPSA) is 81.5 Å². The Labute approximate surface area is 97.7 Å². The maximum absolute atomic E-state index is 12.0. The number of Topliss-reactive ketones (excluding diaryl/α,β-unsaturated/α-hetero) is 1. The molecule has 0 aromatic heterocycles. The molecule has 0 aliphatic carbocycles. The molecule has 1 N–H and O–H groups in total. The number of benzene rings is 1. The Morgan fingerprint density at radius 2 is 2.12 bits per heavy atom. The first-order chi connectivity index (χ1) is 8.20. The summed E-state index contributed by atoms with van der Waals surface area (Å²) >= 11 is 0. The number of nitrogens with one attached hydrogen (secondary N) is 1. The van der Waals surface area contributed by atoms with Crippen LogP contribution in [0.1, 0.15) is 10.4 Å². The Morgan fingerprint density at radius 1 is 1.41 bits per heavy atom. The molecular weight excluding hydrogens is 224 g/mol. The zero-order valence-electron chi connectivity index (χ0n) is 9.04. The lowest BCUT2D eigenvalue weighted by atomic mass is 10.0. The van der Waals surface area contributed by atoms with Crippen LogP contribution in [0.25, 0.3) is 0 Å². The lowest BCUT2D eigenvalue weighted by Gasteiger charge is -2.25. The van der Waals surface area contributed by atoms with E-state index >= 15 is 0 Å². The molecule has 0 spiro atoms. The van der Waals surface area contributed by atoms with Crippen LogP contribution in [0, 0.1) is 10.1 Å². The molecule has 0 radical (unpaired) electrons. The lowest BCUT2D eigenvalue weighted by molar-refractivity contribution is -0.542. The van der Waals surface area contributed by atoms with Crippen molar-refractivity contribution in [2.45, 2.75) is 12.3 Å². The van der Waals surface area contributed by atoms with E-state index in [9.17, 15) is 14.9 Å². The first-order valence-electron chi connectivity index (χ1n) is 5.28. The van der Waals surface area contributed by atoms with Gasteiger partial charge in [-0.1, -0.05) is 30.3 Å². The van der Waals surface area contributed by atoms with Gasteiger partial charge >= 0.3 is 0 Å². The second-order valence-electron chi connectivity index (χ2n) is 3.71. The van der Waals surface area contributed by atoms with E-state index in [0.717, 1.165) is 0 Å². The minimum Gasteiger partial charge on any atom is -0.360 e. The summed E-state index contributed by atoms with van der Waals surface area (Å²) in [5.41, 5.74) is 0.424. The molecule has 0 bridgehead atoms. The Bertz CT molecular complexity index is 421. The maximum atomic E-state index is 12.0. The molecule has 6 nitrogen and oxygen atoms in total. The number of carbonyl (C=O) groups excluding carboxylic acids is 1. The molecule has 2 rings (SSSR count). The first kappa shape index (κ1) is 11.7. The number of carbonyl (C=O) groups is 1. The highest BCUT2D eigenvalue weighted by molar-refractivity contribution is 5.99. The number of hydrogen-bond acceptors (Lipinski definition) is 5. The van der Waals surface area contributed by atoms with E-state index in [0.29, 0.717) is 18.7 Å². The van der Waals surface area contributed by atoms with Gasteiger partial charge in [0.05, 0.1) is 6.61 Å². The fraction of sp³-hybridized carbons (Fsp3) is 0.364. The maximum Gasteiger partial charge on any atom is 0.299 e. The molecule has 0 saturated carbocycles. The Kier molecular flexibility index (Phi) is 3.46. The van der Waals surface area contributed by atoms with Gasteiger partial charge in [-0.3, -0.25) is 14.9 Å². The SMILES string of the molecule is O=C(c1ccccc1)C1OCCNC1[N+](=O)[O-]. The Balaban J connectivity index is 2.20. The zero-order valence-corrected chi connectivity index (χ0v) is 9.04. The van der Waals surface area contributed by atoms with Crippen LogP contribution in [0.4, 0.5) is 0 Å². The normalized spacial score (nSPS) is 24.2. The summed E-state index contributed by atoms with van der Waals surface area (Å²) in [4.78, 5) is 22.3. The fourth-order valence-corrected chi connectivity index (χ4v) is 1.76. The van der Waals surface area contributed by atoms with Crippen molar-refractivity contribution in [3.63, 3.8) is 0 Å². The molecular formula is C11H12N2O4. The Hall–Kier alpha value is -1.79. The quantitative estimate of drug-likeness (QED) is 0.468. The number of nitro groups is 1. The van der Waals surface area contributed by atoms with Gasteiger partial charge in [-0.25, -0.2) is 5.32 Å². The summed E-state index contributed by atoms with van der Waals surface area (Å²) in [6.07, 6.45) is -2.22. The molecule has 6 heteroatoms. The van der Waals surface area contributed by atoms with Crippen LogP contribution in [0.3, 0.4) is 0 Å². The van der Waals surface area contributed by atoms with E-state index in [2.05, 4.69) is 5.32 Å². The summed E-state index contributed by atoms with van der Waals surface area (Å²) in [6, 6.07) is 8.45. The summed E-state index contributed by atoms with van der Waals surface area (Å²) < 4.78 is 5.21. The van der Waals surface area contributed by atoms with Gasteiger partial charge in [-0.2, -0.15) is 0 Å². The van der Waals surface area contributed by atoms with Crippen molar-refractivity contribution in [2.24, 2.45) is 0 Å². The summed E-state index contributed by atoms with van der Waals surface area (Å²) in [7, 11) is 0. The standard InChI is InChI=1S/C11H12N2O4/c14-9(8-4-2-1-3-5-8)10-11(13(15)16)12-6-7-17-10/h1-5,10-12H,6-7H2. The molecule has 1 saturated heterocycles. The number of rotatable bonds is 3. The third-order valence-electron chi connectivity index (χ3n) is 2.58. The average Bonchev–Trinajstić information content (AvgIpc) is 2.39. The molecule has 0 amide bonds. The van der Waals surface area contributed by atoms with E-state index in [1.165, 1.54) is 0 Å². The highest BCUT2D eigenvalue weighted by atomic mass is 16.6. The average molecular weight is 236 g/mol. The number of ether oxygens (including phenoxy) is 1. The van der Waals surface area contributed by atoms with Gasteiger partial charge in [0.2, 0.25) is 6.10 Å². The molecule has 1 aliphatic heterocycles. The van der Waals surface area contributed by atoms with E-state index in [-0.39, 0.29) is 5.78 Å². The smallest absolute Gasteiger partial charge is 0.299 e. The third kappa shape index (κ3) is 2.48. The van der Waals surface area contributed by atoms with E-state index in [1.807, 2.05) is 0 Å². The molecule has 1 aliphatic rings. The van der Waals surface area contributed by atoms with Crippen LogP contribution < -0.4 is 5.32 Å². The second kappa shape index (κ2) is 5.03. The van der Waals surface area contributed by atoms with Crippen LogP contribution in [0.15, 0.2) is 30.3 Å². The molecule has 1 aromatic rings. The van der Waals surface area contributed by atoms with Crippen molar-refractivity contribution < 1.29 is 14.5 Å². The van der Waals surface area contributed by atoms with Crippen LogP contribution in [-0.4, -0.2) is 36.1 Å². The molecule has 2 unspecified atom stereocenters. The van der Waals surface area contributed by atoms with Gasteiger partial charge in [0, 0.05) is 17.0 Å². The number of hydrogen-bond donors (Lipinski definition) is 1. The van der Waals surface area contributed by atoms with Gasteiger partial charge < -0.3 is 4.74 Å². The number of morpholine rings is 1. The minimum absolute atomic E-state index is 0.299. The van der Waals surface area contributed by atoms with Crippen molar-refractivity contribution in [1.29, 1.82) is 0 Å². The number of ketones is 1. The molecule has 17 heavy (non-hydrogen) atoms. The van der Waals surface area contributed by atoms with Crippen molar-refractivity contribution in [3.05, 3.63) is 46.0 Å². The van der Waals surface area contributed by atoms with Crippen molar-refractivity contribution in [2.75, 3.05) is 13.2 Å². The highest BCUT2D eigenvalue weighted by Gasteiger charge is 2.40. The lowest BCUT2D eigenvalue weighted by Crippen LogP contribution is -2.55. The highest BCUT2D eigenvalue weighted by Crippen LogP contribution is 2.12. The molecule has 90 valence electrons. The second-order valence-corrected chi connectivity index (χ2v) is 3.71. The largest absolute Gasteiger partial charge is 0.360 e. The van der Waals surface area contributed by atoms with Gasteiger partial charge in [-0.15, -0.1) is 0 Å². The summed E-state index contributed by atoms with van der Waals surface area (Å²) in [5.74, 6) is -0.362. The predicted octanol–water partition coefficient (Wildman–Crippen LogP) is 0.460. The van der Waals surface area contributed by atoms with Crippen molar-refractivity contribution in [1.82, 2.24) is 5.32 Å². The van der Waals surface area contributed by atoms with E-state index in [4.69, 9.17) is 4.74 Å². The fourth-order valence-electron chi connectivity index (χ4n) is 1.76. The summed E-state index contributed by atoms with van der Waals surface area (Å²) in [5, 5.41) is 13.5. The molecule has 1 fully saturated rings. The van der Waals surface area contributed by atoms with Gasteiger partial charge in [0.25, 0.3) is 6.17 Å². The number of nitrogens with zero attached hydrogens (tertiary/aromatic N) is 1. The molecule has 2 atom stereocenters. The van der Waals surface area contributed by atoms with Crippen LogP contribution >= 0.6 is 0 Å². The summed E-state index contributed by atoms with van der Waals surface area (Å²) in [6.45, 7) is 0.678. The van der Waals surface area contributed by atoms with Crippen LogP contribution in [0.2, 0.25) is 0 Å². The predicted molar refractivity (Wildman–Crippen MR) is 59.3 cm³/mol. The van der Waals surface area contributed by atoms with Gasteiger partial charge in [0.1, 0.15) is 0 Å². The third-order valence-corrected chi connectivity index (χ3v) is 2.58. The van der Waals surface area contributed by atoms with Crippen molar-refractivity contribution >= 4 is 5.78 Å². The molecule has 1 heterocycles. The van der Waals surface area contributed by atoms with Gasteiger partial charge in [0.15, 0.2) is 5.78 Å². The minimum atomic E-state index is -1.17. The van der Waals surface area contributed by atoms with Crippen LogP contribution in [0.5, 0.6) is 0 Å².